The van der Waals surface area contributed by atoms with Gasteiger partial charge >= 0.3 is 5.97 Å². The van der Waals surface area contributed by atoms with E-state index < -0.39 is 5.97 Å². The Balaban J connectivity index is 1.77. The van der Waals surface area contributed by atoms with Crippen molar-refractivity contribution in [1.29, 1.82) is 0 Å². The second-order valence-corrected chi connectivity index (χ2v) is 5.14. The van der Waals surface area contributed by atoms with E-state index in [9.17, 15) is 9.59 Å². The molecule has 1 amide bonds. The van der Waals surface area contributed by atoms with Crippen LogP contribution in [0.4, 0.5) is 0 Å². The van der Waals surface area contributed by atoms with E-state index in [1.165, 1.54) is 6.20 Å². The van der Waals surface area contributed by atoms with Crippen LogP contribution in [0.1, 0.15) is 15.9 Å². The third kappa shape index (κ3) is 5.00. The molecule has 0 aliphatic rings. The van der Waals surface area contributed by atoms with E-state index in [1.54, 1.807) is 12.3 Å². The van der Waals surface area contributed by atoms with Gasteiger partial charge in [-0.1, -0.05) is 30.3 Å². The van der Waals surface area contributed by atoms with E-state index in [-0.39, 0.29) is 19.1 Å². The maximum absolute atomic E-state index is 11.8. The van der Waals surface area contributed by atoms with E-state index in [0.717, 1.165) is 5.56 Å². The summed E-state index contributed by atoms with van der Waals surface area (Å²) in [4.78, 5) is 27.2. The summed E-state index contributed by atoms with van der Waals surface area (Å²) >= 11 is 3.23. The Morgan fingerprint density at radius 3 is 2.67 bits per heavy atom. The Morgan fingerprint density at radius 1 is 1.19 bits per heavy atom. The molecule has 1 heterocycles. The zero-order chi connectivity index (χ0) is 15.1. The summed E-state index contributed by atoms with van der Waals surface area (Å²) in [5, 5.41) is 2.49. The van der Waals surface area contributed by atoms with Crippen LogP contribution in [0, 0.1) is 0 Å². The highest BCUT2D eigenvalue weighted by Crippen LogP contribution is 2.09. The van der Waals surface area contributed by atoms with Gasteiger partial charge < -0.3 is 10.1 Å². The number of amides is 1. The summed E-state index contributed by atoms with van der Waals surface area (Å²) in [5.74, 6) is -0.865. The Kier molecular flexibility index (Phi) is 5.45. The number of benzene rings is 1. The van der Waals surface area contributed by atoms with Crippen molar-refractivity contribution in [1.82, 2.24) is 10.3 Å². The minimum atomic E-state index is -0.491. The number of nitrogens with zero attached hydrogens (tertiary/aromatic N) is 1. The molecule has 0 spiro atoms. The van der Waals surface area contributed by atoms with E-state index in [0.29, 0.717) is 10.0 Å². The van der Waals surface area contributed by atoms with Crippen LogP contribution in [0.25, 0.3) is 0 Å². The molecule has 0 bridgehead atoms. The number of carbonyl (C=O) groups is 2. The monoisotopic (exact) mass is 348 g/mol. The van der Waals surface area contributed by atoms with Crippen molar-refractivity contribution < 1.29 is 14.3 Å². The molecule has 0 saturated heterocycles. The zero-order valence-corrected chi connectivity index (χ0v) is 12.7. The lowest BCUT2D eigenvalue weighted by Gasteiger charge is -2.06. The highest BCUT2D eigenvalue weighted by atomic mass is 79.9. The largest absolute Gasteiger partial charge is 0.460 e. The smallest absolute Gasteiger partial charge is 0.325 e. The van der Waals surface area contributed by atoms with Gasteiger partial charge in [-0.05, 0) is 27.6 Å². The highest BCUT2D eigenvalue weighted by Gasteiger charge is 2.09. The molecule has 0 atom stereocenters. The molecule has 0 radical (unpaired) electrons. The Morgan fingerprint density at radius 2 is 1.95 bits per heavy atom. The molecule has 1 aromatic heterocycles. The second kappa shape index (κ2) is 7.54. The summed E-state index contributed by atoms with van der Waals surface area (Å²) in [7, 11) is 0. The lowest BCUT2D eigenvalue weighted by atomic mass is 10.2. The summed E-state index contributed by atoms with van der Waals surface area (Å²) in [6, 6.07) is 11.0. The van der Waals surface area contributed by atoms with Crippen molar-refractivity contribution in [2.24, 2.45) is 0 Å². The van der Waals surface area contributed by atoms with Gasteiger partial charge in [0, 0.05) is 16.9 Å². The Hall–Kier alpha value is -2.21. The molecular weight excluding hydrogens is 336 g/mol. The van der Waals surface area contributed by atoms with E-state index in [1.807, 2.05) is 30.3 Å². The molecule has 1 N–H and O–H groups in total. The fraction of sp³-hybridized carbons (Fsp3) is 0.133. The van der Waals surface area contributed by atoms with Crippen LogP contribution in [0.3, 0.4) is 0 Å². The first-order valence-electron chi connectivity index (χ1n) is 6.23. The van der Waals surface area contributed by atoms with Crippen molar-refractivity contribution in [3.8, 4) is 0 Å². The molecule has 1 aromatic carbocycles. The molecule has 108 valence electrons. The second-order valence-electron chi connectivity index (χ2n) is 4.22. The topological polar surface area (TPSA) is 68.3 Å². The van der Waals surface area contributed by atoms with Crippen LogP contribution in [0.5, 0.6) is 0 Å². The van der Waals surface area contributed by atoms with Crippen LogP contribution in [-0.4, -0.2) is 23.4 Å². The number of nitrogens with one attached hydrogen (secondary N) is 1. The van der Waals surface area contributed by atoms with Gasteiger partial charge in [-0.15, -0.1) is 0 Å². The molecule has 0 unspecified atom stereocenters. The molecule has 6 heteroatoms. The lowest BCUT2D eigenvalue weighted by Crippen LogP contribution is -2.30. The van der Waals surface area contributed by atoms with E-state index >= 15 is 0 Å². The molecule has 5 nitrogen and oxygen atoms in total. The minimum absolute atomic E-state index is 0.182. The molecule has 0 aliphatic carbocycles. The number of aromatic nitrogens is 1. The zero-order valence-electron chi connectivity index (χ0n) is 11.1. The standard InChI is InChI=1S/C15H13BrN2O3/c16-13-6-12(7-17-8-13)15(20)18-9-14(19)21-10-11-4-2-1-3-5-11/h1-8H,9-10H2,(H,18,20). The number of pyridine rings is 1. The molecule has 0 fully saturated rings. The first-order valence-corrected chi connectivity index (χ1v) is 7.03. The number of ether oxygens (including phenoxy) is 1. The molecule has 2 rings (SSSR count). The van der Waals surface area contributed by atoms with Crippen molar-refractivity contribution in [2.75, 3.05) is 6.54 Å². The summed E-state index contributed by atoms with van der Waals surface area (Å²) in [6.07, 6.45) is 3.00. The summed E-state index contributed by atoms with van der Waals surface area (Å²) in [6.45, 7) is 0.00612. The minimum Gasteiger partial charge on any atom is -0.460 e. The number of rotatable bonds is 5. The summed E-state index contributed by atoms with van der Waals surface area (Å²) < 4.78 is 5.76. The van der Waals surface area contributed by atoms with Gasteiger partial charge in [-0.2, -0.15) is 0 Å². The molecular formula is C15H13BrN2O3. The molecule has 0 aliphatic heterocycles. The predicted molar refractivity (Wildman–Crippen MR) is 80.5 cm³/mol. The average Bonchev–Trinajstić information content (AvgIpc) is 2.51. The van der Waals surface area contributed by atoms with Crippen molar-refractivity contribution in [2.45, 2.75) is 6.61 Å². The van der Waals surface area contributed by atoms with Crippen LogP contribution in [-0.2, 0) is 16.1 Å². The van der Waals surface area contributed by atoms with Crippen LogP contribution < -0.4 is 5.32 Å². The van der Waals surface area contributed by atoms with Crippen molar-refractivity contribution in [3.63, 3.8) is 0 Å². The van der Waals surface area contributed by atoms with Gasteiger partial charge in [0.05, 0.1) is 5.56 Å². The number of hydrogen-bond donors (Lipinski definition) is 1. The third-order valence-corrected chi connectivity index (χ3v) is 3.04. The maximum Gasteiger partial charge on any atom is 0.325 e. The van der Waals surface area contributed by atoms with Gasteiger partial charge in [0.15, 0.2) is 0 Å². The predicted octanol–water partition coefficient (Wildman–Crippen LogP) is 2.32. The highest BCUT2D eigenvalue weighted by molar-refractivity contribution is 9.10. The maximum atomic E-state index is 11.8. The van der Waals surface area contributed by atoms with Crippen molar-refractivity contribution >= 4 is 27.8 Å². The van der Waals surface area contributed by atoms with Gasteiger partial charge in [0.1, 0.15) is 13.2 Å². The fourth-order valence-corrected chi connectivity index (χ4v) is 1.94. The summed E-state index contributed by atoms with van der Waals surface area (Å²) in [5.41, 5.74) is 1.27. The lowest BCUT2D eigenvalue weighted by molar-refractivity contribution is -0.143. The normalized spacial score (nSPS) is 9.95. The SMILES string of the molecule is O=C(CNC(=O)c1cncc(Br)c1)OCc1ccccc1. The van der Waals surface area contributed by atoms with Crippen molar-refractivity contribution in [3.05, 3.63) is 64.4 Å². The quantitative estimate of drug-likeness (QED) is 0.842. The van der Waals surface area contributed by atoms with Gasteiger partial charge in [-0.25, -0.2) is 0 Å². The van der Waals surface area contributed by atoms with E-state index in [4.69, 9.17) is 4.74 Å². The molecule has 0 saturated carbocycles. The first kappa shape index (κ1) is 15.2. The average molecular weight is 349 g/mol. The van der Waals surface area contributed by atoms with Gasteiger partial charge in [0.2, 0.25) is 0 Å². The molecule has 2 aromatic rings. The van der Waals surface area contributed by atoms with Gasteiger partial charge in [-0.3, -0.25) is 14.6 Å². The fourth-order valence-electron chi connectivity index (χ4n) is 1.58. The van der Waals surface area contributed by atoms with Crippen LogP contribution >= 0.6 is 15.9 Å². The number of esters is 1. The Bertz CT molecular complexity index is 632. The van der Waals surface area contributed by atoms with Gasteiger partial charge in [0.25, 0.3) is 5.91 Å². The number of carbonyl (C=O) groups excluding carboxylic acids is 2. The number of halogens is 1. The third-order valence-electron chi connectivity index (χ3n) is 2.60. The van der Waals surface area contributed by atoms with E-state index in [2.05, 4.69) is 26.2 Å². The number of hydrogen-bond acceptors (Lipinski definition) is 4. The van der Waals surface area contributed by atoms with Crippen LogP contribution in [0.2, 0.25) is 0 Å². The Labute approximate surface area is 130 Å². The molecule has 21 heavy (non-hydrogen) atoms. The first-order chi connectivity index (χ1) is 10.1. The van der Waals surface area contributed by atoms with Crippen LogP contribution in [0.15, 0.2) is 53.3 Å².